The minimum Gasteiger partial charge on any atom is -0.481 e. The molecule has 0 aliphatic carbocycles. The molecule has 5 N–H and O–H groups in total. The topological polar surface area (TPSA) is 193 Å². The zero-order chi connectivity index (χ0) is 37.9. The summed E-state index contributed by atoms with van der Waals surface area (Å²) in [5.74, 6) is -3.91. The first-order chi connectivity index (χ1) is 23.9. The molecule has 4 amide bonds. The molecule has 51 heavy (non-hydrogen) atoms. The van der Waals surface area contributed by atoms with Gasteiger partial charge in [-0.05, 0) is 48.8 Å². The first-order valence-electron chi connectivity index (χ1n) is 16.2. The van der Waals surface area contributed by atoms with Gasteiger partial charge in [-0.3, -0.25) is 19.2 Å². The minimum atomic E-state index is -4.86. The van der Waals surface area contributed by atoms with Gasteiger partial charge in [0.25, 0.3) is 0 Å². The lowest BCUT2D eigenvalue weighted by atomic mass is 9.99. The molecule has 3 unspecified atom stereocenters. The van der Waals surface area contributed by atoms with Crippen LogP contribution in [-0.2, 0) is 36.7 Å². The van der Waals surface area contributed by atoms with E-state index in [1.54, 1.807) is 38.1 Å². The van der Waals surface area contributed by atoms with Gasteiger partial charge in [0.15, 0.2) is 0 Å². The Morgan fingerprint density at radius 1 is 0.804 bits per heavy atom. The zero-order valence-corrected chi connectivity index (χ0v) is 28.5. The molecule has 0 spiro atoms. The predicted octanol–water partition coefficient (Wildman–Crippen LogP) is 4.97. The van der Waals surface area contributed by atoms with Crippen LogP contribution >= 0.6 is 0 Å². The van der Waals surface area contributed by atoms with Gasteiger partial charge in [-0.2, -0.15) is 13.2 Å². The van der Waals surface area contributed by atoms with Crippen molar-refractivity contribution in [1.82, 2.24) is 16.0 Å². The van der Waals surface area contributed by atoms with Crippen molar-refractivity contribution in [3.63, 3.8) is 0 Å². The summed E-state index contributed by atoms with van der Waals surface area (Å²) in [4.78, 5) is 76.1. The van der Waals surface area contributed by atoms with E-state index in [4.69, 9.17) is 9.15 Å². The molecule has 0 aliphatic heterocycles. The minimum absolute atomic E-state index is 0.0386. The monoisotopic (exact) mass is 718 g/mol. The second-order valence-corrected chi connectivity index (χ2v) is 12.7. The fourth-order valence-electron chi connectivity index (χ4n) is 5.10. The molecule has 3 rings (SSSR count). The summed E-state index contributed by atoms with van der Waals surface area (Å²) in [5.41, 5.74) is -2.33. The second kappa shape index (κ2) is 18.0. The lowest BCUT2D eigenvalue weighted by Gasteiger charge is -2.26. The number of rotatable bonds is 16. The van der Waals surface area contributed by atoms with E-state index in [1.165, 1.54) is 0 Å². The number of nitrogens with one attached hydrogen (secondary N) is 4. The number of fused-ring (bicyclic) bond motifs is 1. The van der Waals surface area contributed by atoms with Gasteiger partial charge in [-0.15, -0.1) is 0 Å². The molecule has 0 radical (unpaired) electrons. The van der Waals surface area contributed by atoms with Gasteiger partial charge in [0, 0.05) is 29.6 Å². The molecule has 0 fully saturated rings. The van der Waals surface area contributed by atoms with Crippen molar-refractivity contribution in [3.05, 3.63) is 76.1 Å². The highest BCUT2D eigenvalue weighted by Crippen LogP contribution is 2.34. The summed E-state index contributed by atoms with van der Waals surface area (Å²) in [6.07, 6.45) is -6.35. The number of ether oxygens (including phenoxy) is 1. The third kappa shape index (κ3) is 12.8. The van der Waals surface area contributed by atoms with Crippen LogP contribution in [0.1, 0.15) is 64.5 Å². The van der Waals surface area contributed by atoms with Crippen LogP contribution in [-0.4, -0.2) is 53.0 Å². The van der Waals surface area contributed by atoms with Gasteiger partial charge < -0.3 is 35.5 Å². The number of carboxylic acid groups (broad SMARTS) is 1. The van der Waals surface area contributed by atoms with Crippen molar-refractivity contribution in [2.75, 3.05) is 5.32 Å². The van der Waals surface area contributed by atoms with E-state index in [0.717, 1.165) is 23.8 Å². The maximum Gasteiger partial charge on any atom is 0.417 e. The molecule has 13 nitrogen and oxygen atoms in total. The van der Waals surface area contributed by atoms with Crippen molar-refractivity contribution in [1.29, 1.82) is 0 Å². The van der Waals surface area contributed by atoms with Gasteiger partial charge >= 0.3 is 23.9 Å². The van der Waals surface area contributed by atoms with E-state index in [2.05, 4.69) is 21.3 Å². The van der Waals surface area contributed by atoms with Crippen LogP contribution in [0.3, 0.4) is 0 Å². The number of alkyl carbamates (subject to hydrolysis) is 1. The number of aliphatic carboxylic acids is 1. The average molecular weight is 719 g/mol. The van der Waals surface area contributed by atoms with Crippen molar-refractivity contribution < 1.29 is 51.4 Å². The molecular weight excluding hydrogens is 677 g/mol. The molecule has 1 heterocycles. The Labute approximate surface area is 291 Å². The first-order valence-corrected chi connectivity index (χ1v) is 16.2. The number of hydrogen-bond acceptors (Lipinski definition) is 8. The predicted molar refractivity (Wildman–Crippen MR) is 179 cm³/mol. The third-order valence-electron chi connectivity index (χ3n) is 7.47. The van der Waals surface area contributed by atoms with Crippen molar-refractivity contribution in [2.24, 2.45) is 11.8 Å². The van der Waals surface area contributed by atoms with E-state index < -0.39 is 82.7 Å². The summed E-state index contributed by atoms with van der Waals surface area (Å²) in [5, 5.41) is 18.9. The number of benzene rings is 2. The summed E-state index contributed by atoms with van der Waals surface area (Å²) in [6.45, 7) is 7.20. The summed E-state index contributed by atoms with van der Waals surface area (Å²) < 4.78 is 50.6. The van der Waals surface area contributed by atoms with Crippen LogP contribution in [0.5, 0.6) is 0 Å². The molecule has 276 valence electrons. The van der Waals surface area contributed by atoms with E-state index in [9.17, 15) is 47.0 Å². The van der Waals surface area contributed by atoms with Crippen LogP contribution in [0, 0.1) is 11.8 Å². The highest BCUT2D eigenvalue weighted by atomic mass is 19.4. The lowest BCUT2D eigenvalue weighted by Crippen LogP contribution is -2.56. The van der Waals surface area contributed by atoms with Gasteiger partial charge in [-0.1, -0.05) is 58.0 Å². The fourth-order valence-corrected chi connectivity index (χ4v) is 5.10. The molecule has 0 aliphatic rings. The third-order valence-corrected chi connectivity index (χ3v) is 7.47. The molecule has 2 aromatic carbocycles. The molecule has 1 aromatic heterocycles. The van der Waals surface area contributed by atoms with Crippen LogP contribution in [0.25, 0.3) is 11.0 Å². The Kier molecular flexibility index (Phi) is 14.1. The van der Waals surface area contributed by atoms with Crippen LogP contribution < -0.4 is 26.9 Å². The van der Waals surface area contributed by atoms with Gasteiger partial charge in [0.05, 0.1) is 5.56 Å². The number of halogens is 3. The van der Waals surface area contributed by atoms with Crippen molar-refractivity contribution in [3.8, 4) is 0 Å². The number of amides is 4. The number of alkyl halides is 3. The quantitative estimate of drug-likeness (QED) is 0.127. The molecule has 0 bridgehead atoms. The van der Waals surface area contributed by atoms with E-state index >= 15 is 0 Å². The van der Waals surface area contributed by atoms with E-state index in [1.807, 2.05) is 19.9 Å². The van der Waals surface area contributed by atoms with E-state index in [-0.39, 0.29) is 43.4 Å². The maximum absolute atomic E-state index is 13.6. The standard InChI is InChI=1S/C35H41F3N4O9/c1-19(2)14-26(41-33(48)27(15-20(3)4)42-34(49)50-18-21-8-6-5-7-9-21)32(47)40-25(12-13-29(43)44)31(46)39-22-10-11-23-24(35(36,37)38)17-30(45)51-28(23)16-22/h5-11,16-17,19-20,25-27H,12-15,18H2,1-4H3,(H,39,46)(H,40,47)(H,41,48)(H,42,49)(H,43,44). The molecule has 3 atom stereocenters. The SMILES string of the molecule is CC(C)CC(NC(=O)OCc1ccccc1)C(=O)NC(CC(C)C)C(=O)NC(CCC(=O)O)C(=O)Nc1ccc2c(C(F)(F)F)cc(=O)oc2c1. The van der Waals surface area contributed by atoms with Gasteiger partial charge in [-0.25, -0.2) is 9.59 Å². The summed E-state index contributed by atoms with van der Waals surface area (Å²) in [6, 6.07) is 8.54. The Morgan fingerprint density at radius 2 is 1.39 bits per heavy atom. The van der Waals surface area contributed by atoms with Gasteiger partial charge in [0.1, 0.15) is 30.3 Å². The number of carbonyl (C=O) groups excluding carboxylic acids is 4. The fraction of sp³-hybridized carbons (Fsp3) is 0.429. The maximum atomic E-state index is 13.6. The lowest BCUT2D eigenvalue weighted by molar-refractivity contribution is -0.138. The Balaban J connectivity index is 1.78. The number of carbonyl (C=O) groups is 5. The molecule has 3 aromatic rings. The normalized spacial score (nSPS) is 13.3. The largest absolute Gasteiger partial charge is 0.481 e. The number of carboxylic acids is 1. The average Bonchev–Trinajstić information content (AvgIpc) is 3.03. The molecule has 0 saturated heterocycles. The first kappa shape index (κ1) is 40.0. The van der Waals surface area contributed by atoms with Crippen molar-refractivity contribution in [2.45, 2.75) is 84.3 Å². The summed E-state index contributed by atoms with van der Waals surface area (Å²) >= 11 is 0. The number of hydrogen-bond donors (Lipinski definition) is 5. The highest BCUT2D eigenvalue weighted by Gasteiger charge is 2.34. The highest BCUT2D eigenvalue weighted by molar-refractivity contribution is 6.00. The van der Waals surface area contributed by atoms with Crippen LogP contribution in [0.4, 0.5) is 23.7 Å². The van der Waals surface area contributed by atoms with Gasteiger partial charge in [0.2, 0.25) is 17.7 Å². The van der Waals surface area contributed by atoms with Crippen LogP contribution in [0.15, 0.2) is 63.8 Å². The number of anilines is 1. The van der Waals surface area contributed by atoms with E-state index in [0.29, 0.717) is 6.07 Å². The Hall–Kier alpha value is -5.41. The smallest absolute Gasteiger partial charge is 0.417 e. The molecule has 0 saturated carbocycles. The van der Waals surface area contributed by atoms with Crippen molar-refractivity contribution >= 4 is 46.4 Å². The Morgan fingerprint density at radius 3 is 1.96 bits per heavy atom. The molecular formula is C35H41F3N4O9. The second-order valence-electron chi connectivity index (χ2n) is 12.7. The summed E-state index contributed by atoms with van der Waals surface area (Å²) in [7, 11) is 0. The zero-order valence-electron chi connectivity index (χ0n) is 28.5. The molecule has 16 heteroatoms. The Bertz CT molecular complexity index is 1760. The van der Waals surface area contributed by atoms with Crippen LogP contribution in [0.2, 0.25) is 0 Å².